The number of nitrogens with zero attached hydrogens (tertiary/aromatic N) is 1. The summed E-state index contributed by atoms with van der Waals surface area (Å²) in [6.07, 6.45) is -5.02. The number of rotatable bonds is 4. The van der Waals surface area contributed by atoms with Crippen molar-refractivity contribution in [2.75, 3.05) is 10.9 Å². The highest BCUT2D eigenvalue weighted by Gasteiger charge is 2.75. The second-order valence-electron chi connectivity index (χ2n) is 10.7. The third kappa shape index (κ3) is 4.08. The first-order chi connectivity index (χ1) is 16.5. The van der Waals surface area contributed by atoms with Crippen molar-refractivity contribution in [1.29, 1.82) is 0 Å². The lowest BCUT2D eigenvalue weighted by atomic mass is 9.83. The van der Waals surface area contributed by atoms with E-state index in [9.17, 15) is 13.2 Å². The van der Waals surface area contributed by atoms with Gasteiger partial charge in [0.25, 0.3) is 10.0 Å². The van der Waals surface area contributed by atoms with Gasteiger partial charge in [-0.1, -0.05) is 43.7 Å². The summed E-state index contributed by atoms with van der Waals surface area (Å²) >= 11 is 0. The van der Waals surface area contributed by atoms with Crippen LogP contribution in [0.1, 0.15) is 57.2 Å². The van der Waals surface area contributed by atoms with E-state index in [-0.39, 0.29) is 22.1 Å². The molecule has 0 bridgehead atoms. The lowest BCUT2D eigenvalue weighted by molar-refractivity contribution is -0.269. The van der Waals surface area contributed by atoms with E-state index < -0.39 is 51.9 Å². The molecule has 0 aliphatic carbocycles. The number of aryl methyl sites for hydroxylation is 1. The average Bonchev–Trinajstić information content (AvgIpc) is 3.27. The van der Waals surface area contributed by atoms with E-state index in [2.05, 4.69) is 0 Å². The van der Waals surface area contributed by atoms with Crippen molar-refractivity contribution in [1.82, 2.24) is 0 Å². The molecule has 10 heteroatoms. The van der Waals surface area contributed by atoms with Crippen LogP contribution < -0.4 is 4.31 Å². The zero-order valence-corrected chi connectivity index (χ0v) is 21.8. The molecule has 1 fully saturated rings. The van der Waals surface area contributed by atoms with Crippen molar-refractivity contribution in [2.24, 2.45) is 5.92 Å². The monoisotopic (exact) mass is 525 g/mol. The molecule has 36 heavy (non-hydrogen) atoms. The quantitative estimate of drug-likeness (QED) is 0.497. The molecule has 1 saturated heterocycles. The summed E-state index contributed by atoms with van der Waals surface area (Å²) < 4.78 is 84.6. The maximum atomic E-state index is 15.0. The molecule has 0 saturated carbocycles. The van der Waals surface area contributed by atoms with Crippen molar-refractivity contribution in [3.8, 4) is 0 Å². The molecule has 2 aromatic rings. The fraction of sp³-hybridized carbons (Fsp3) is 0.500. The Balaban J connectivity index is 2.00. The molecule has 2 heterocycles. The first-order valence-corrected chi connectivity index (χ1v) is 13.1. The fourth-order valence-corrected chi connectivity index (χ4v) is 6.60. The lowest BCUT2D eigenvalue weighted by Gasteiger charge is -2.35. The van der Waals surface area contributed by atoms with Gasteiger partial charge >= 0.3 is 12.1 Å². The minimum absolute atomic E-state index is 0.121. The minimum Gasteiger partial charge on any atom is -0.460 e. The smallest absolute Gasteiger partial charge is 0.423 e. The Morgan fingerprint density at radius 1 is 1.11 bits per heavy atom. The van der Waals surface area contributed by atoms with Gasteiger partial charge in [0.15, 0.2) is 0 Å². The highest BCUT2D eigenvalue weighted by molar-refractivity contribution is 7.93. The maximum absolute atomic E-state index is 15.0. The number of hydrogen-bond acceptors (Lipinski definition) is 5. The van der Waals surface area contributed by atoms with Gasteiger partial charge in [-0.25, -0.2) is 8.42 Å². The van der Waals surface area contributed by atoms with E-state index >= 15 is 13.2 Å². The Hall–Kier alpha value is -2.59. The minimum atomic E-state index is -5.02. The molecule has 2 aliphatic rings. The normalized spacial score (nSPS) is 24.1. The molecule has 6 nitrogen and oxygen atoms in total. The molecule has 0 radical (unpaired) electrons. The standard InChI is InChI=1S/C26H30F3NO5S/c1-15(2)17-9-12-21-20(13-17)25(26(27,28)29)22(19(14-34-25)23(31)35-24(4,5)6)30(21)36(32,33)18-10-7-16(3)8-11-18/h7-13,15,19,22H,14H2,1-6H3. The van der Waals surface area contributed by atoms with E-state index in [4.69, 9.17) is 9.47 Å². The van der Waals surface area contributed by atoms with Gasteiger partial charge in [-0.2, -0.15) is 13.2 Å². The first-order valence-electron chi connectivity index (χ1n) is 11.7. The van der Waals surface area contributed by atoms with Crippen molar-refractivity contribution in [3.05, 3.63) is 59.2 Å². The SMILES string of the molecule is Cc1ccc(S(=O)(=O)N2c3ccc(C(C)C)cc3C3(C(F)(F)F)OCC(C(=O)OC(C)(C)C)C23)cc1. The van der Waals surface area contributed by atoms with Gasteiger partial charge < -0.3 is 9.47 Å². The van der Waals surface area contributed by atoms with Crippen LogP contribution in [0.5, 0.6) is 0 Å². The predicted molar refractivity (Wildman–Crippen MR) is 128 cm³/mol. The number of anilines is 1. The van der Waals surface area contributed by atoms with Crippen LogP contribution in [0.2, 0.25) is 0 Å². The molecule has 0 amide bonds. The molecule has 196 valence electrons. The van der Waals surface area contributed by atoms with Gasteiger partial charge in [-0.15, -0.1) is 0 Å². The summed E-state index contributed by atoms with van der Waals surface area (Å²) in [5.41, 5.74) is -3.10. The summed E-state index contributed by atoms with van der Waals surface area (Å²) in [4.78, 5) is 13.0. The van der Waals surface area contributed by atoms with Crippen LogP contribution in [-0.2, 0) is 29.9 Å². The van der Waals surface area contributed by atoms with Gasteiger partial charge in [-0.05, 0) is 57.4 Å². The van der Waals surface area contributed by atoms with Crippen molar-refractivity contribution in [2.45, 2.75) is 75.8 Å². The zero-order chi connectivity index (χ0) is 26.8. The molecule has 2 aromatic carbocycles. The number of fused-ring (bicyclic) bond motifs is 3. The number of carbonyl (C=O) groups is 1. The fourth-order valence-electron chi connectivity index (χ4n) is 4.88. The number of benzene rings is 2. The summed E-state index contributed by atoms with van der Waals surface area (Å²) in [7, 11) is -4.52. The predicted octanol–water partition coefficient (Wildman–Crippen LogP) is 5.44. The van der Waals surface area contributed by atoms with Crippen LogP contribution in [-0.4, -0.2) is 38.8 Å². The van der Waals surface area contributed by atoms with E-state index in [1.165, 1.54) is 24.3 Å². The van der Waals surface area contributed by atoms with Crippen molar-refractivity contribution in [3.63, 3.8) is 0 Å². The van der Waals surface area contributed by atoms with Gasteiger partial charge in [-0.3, -0.25) is 9.10 Å². The molecule has 0 spiro atoms. The van der Waals surface area contributed by atoms with Crippen LogP contribution in [0, 0.1) is 12.8 Å². The largest absolute Gasteiger partial charge is 0.460 e. The second kappa shape index (κ2) is 8.48. The van der Waals surface area contributed by atoms with Crippen LogP contribution in [0.3, 0.4) is 0 Å². The van der Waals surface area contributed by atoms with Crippen LogP contribution in [0.4, 0.5) is 18.9 Å². The third-order valence-corrected chi connectivity index (χ3v) is 8.38. The Bertz CT molecular complexity index is 1280. The highest BCUT2D eigenvalue weighted by Crippen LogP contribution is 2.61. The number of esters is 1. The van der Waals surface area contributed by atoms with E-state index in [1.54, 1.807) is 45.9 Å². The number of ether oxygens (including phenoxy) is 2. The summed E-state index contributed by atoms with van der Waals surface area (Å²) in [6, 6.07) is 8.25. The number of hydrogen-bond donors (Lipinski definition) is 0. The zero-order valence-electron chi connectivity index (χ0n) is 21.0. The van der Waals surface area contributed by atoms with Gasteiger partial charge in [0.1, 0.15) is 17.6 Å². The Kier molecular flexibility index (Phi) is 6.23. The number of carbonyl (C=O) groups excluding carboxylic acids is 1. The Morgan fingerprint density at radius 2 is 1.72 bits per heavy atom. The van der Waals surface area contributed by atoms with Gasteiger partial charge in [0.05, 0.1) is 17.2 Å². The topological polar surface area (TPSA) is 72.9 Å². The highest BCUT2D eigenvalue weighted by atomic mass is 32.2. The Labute approximate surface area is 209 Å². The molecular weight excluding hydrogens is 495 g/mol. The van der Waals surface area contributed by atoms with E-state index in [0.717, 1.165) is 9.87 Å². The molecular formula is C26H30F3NO5S. The second-order valence-corrected chi connectivity index (χ2v) is 12.5. The summed E-state index contributed by atoms with van der Waals surface area (Å²) in [6.45, 7) is 9.57. The molecule has 0 aromatic heterocycles. The van der Waals surface area contributed by atoms with Gasteiger partial charge in [0.2, 0.25) is 5.60 Å². The van der Waals surface area contributed by atoms with Crippen LogP contribution >= 0.6 is 0 Å². The summed E-state index contributed by atoms with van der Waals surface area (Å²) in [5, 5.41) is 0. The first kappa shape index (κ1) is 26.5. The third-order valence-electron chi connectivity index (χ3n) is 6.57. The molecule has 2 aliphatic heterocycles. The van der Waals surface area contributed by atoms with Gasteiger partial charge in [0, 0.05) is 5.56 Å². The summed E-state index contributed by atoms with van der Waals surface area (Å²) in [5.74, 6) is -2.56. The number of halogens is 3. The molecule has 3 unspecified atom stereocenters. The van der Waals surface area contributed by atoms with Crippen LogP contribution in [0.15, 0.2) is 47.4 Å². The lowest BCUT2D eigenvalue weighted by Crippen LogP contribution is -2.56. The van der Waals surface area contributed by atoms with E-state index in [1.807, 2.05) is 13.8 Å². The Morgan fingerprint density at radius 3 is 2.25 bits per heavy atom. The van der Waals surface area contributed by atoms with Crippen molar-refractivity contribution >= 4 is 21.7 Å². The average molecular weight is 526 g/mol. The maximum Gasteiger partial charge on any atom is 0.423 e. The van der Waals surface area contributed by atoms with Crippen LogP contribution in [0.25, 0.3) is 0 Å². The number of alkyl halides is 3. The van der Waals surface area contributed by atoms with E-state index in [0.29, 0.717) is 5.56 Å². The van der Waals surface area contributed by atoms with Crippen molar-refractivity contribution < 1.29 is 35.9 Å². The molecule has 4 rings (SSSR count). The number of sulfonamides is 1. The molecule has 3 atom stereocenters. The molecule has 0 N–H and O–H groups in total.